The molecule has 2 bridgehead atoms. The fourth-order valence-corrected chi connectivity index (χ4v) is 6.36. The third-order valence-corrected chi connectivity index (χ3v) is 8.76. The zero-order valence-electron chi connectivity index (χ0n) is 24.3. The van der Waals surface area contributed by atoms with Crippen molar-refractivity contribution in [3.05, 3.63) is 88.3 Å². The number of nitrogens with one attached hydrogen (secondary N) is 2. The van der Waals surface area contributed by atoms with Gasteiger partial charge in [0.2, 0.25) is 11.8 Å². The fourth-order valence-electron chi connectivity index (χ4n) is 6.23. The van der Waals surface area contributed by atoms with Crippen LogP contribution in [-0.2, 0) is 23.7 Å². The summed E-state index contributed by atoms with van der Waals surface area (Å²) in [5, 5.41) is 7.24. The number of anilines is 1. The van der Waals surface area contributed by atoms with Crippen LogP contribution in [0.1, 0.15) is 54.7 Å². The average molecular weight is 628 g/mol. The Balaban J connectivity index is 0.00000207. The highest BCUT2D eigenvalue weighted by Gasteiger charge is 2.30. The molecule has 1 aromatic heterocycles. The lowest BCUT2D eigenvalue weighted by Crippen LogP contribution is -2.43. The number of carbonyl (C=O) groups excluding carboxylic acids is 1. The van der Waals surface area contributed by atoms with E-state index in [2.05, 4.69) is 33.1 Å². The Bertz CT molecular complexity index is 1330. The number of ether oxygens (including phenoxy) is 1. The molecule has 0 saturated carbocycles. The molecule has 43 heavy (non-hydrogen) atoms. The second kappa shape index (κ2) is 16.2. The van der Waals surface area contributed by atoms with E-state index >= 15 is 4.39 Å². The van der Waals surface area contributed by atoms with E-state index in [1.54, 1.807) is 43.6 Å². The lowest BCUT2D eigenvalue weighted by molar-refractivity contribution is -0.117. The van der Waals surface area contributed by atoms with E-state index in [4.69, 9.17) is 26.3 Å². The van der Waals surface area contributed by atoms with Gasteiger partial charge in [-0.25, -0.2) is 9.37 Å². The maximum absolute atomic E-state index is 15.2. The molecule has 3 heterocycles. The first kappa shape index (κ1) is 32.9. The van der Waals surface area contributed by atoms with Crippen LogP contribution >= 0.6 is 11.6 Å². The Morgan fingerprint density at radius 1 is 1.14 bits per heavy atom. The number of rotatable bonds is 9. The first-order valence-corrected chi connectivity index (χ1v) is 15.4. The van der Waals surface area contributed by atoms with E-state index in [1.165, 1.54) is 18.9 Å². The molecule has 1 amide bonds. The van der Waals surface area contributed by atoms with Crippen molar-refractivity contribution in [3.63, 3.8) is 0 Å². The van der Waals surface area contributed by atoms with E-state index < -0.39 is 17.9 Å². The van der Waals surface area contributed by atoms with Crippen LogP contribution in [0, 0.1) is 5.82 Å². The Kier molecular flexibility index (Phi) is 12.4. The summed E-state index contributed by atoms with van der Waals surface area (Å²) in [5.41, 5.74) is 9.20. The molecule has 0 radical (unpaired) electrons. The van der Waals surface area contributed by atoms with Gasteiger partial charge in [-0.1, -0.05) is 35.9 Å². The second-order valence-corrected chi connectivity index (χ2v) is 11.5. The quantitative estimate of drug-likeness (QED) is 0.311. The van der Waals surface area contributed by atoms with Crippen molar-refractivity contribution in [2.75, 3.05) is 32.1 Å². The Labute approximate surface area is 263 Å². The van der Waals surface area contributed by atoms with Crippen LogP contribution in [-0.4, -0.2) is 64.9 Å². The largest absolute Gasteiger partial charge is 0.481 e. The zero-order valence-corrected chi connectivity index (χ0v) is 25.9. The molecular formula is C32H39ClFN5O3S. The summed E-state index contributed by atoms with van der Waals surface area (Å²) in [6, 6.07) is 15.7. The van der Waals surface area contributed by atoms with E-state index in [1.807, 2.05) is 18.2 Å². The summed E-state index contributed by atoms with van der Waals surface area (Å²) in [7, 11) is 1.55. The van der Waals surface area contributed by atoms with Gasteiger partial charge in [0, 0.05) is 46.5 Å². The van der Waals surface area contributed by atoms with E-state index in [-0.39, 0.29) is 5.82 Å². The van der Waals surface area contributed by atoms with Crippen LogP contribution in [0.4, 0.5) is 10.1 Å². The molecule has 2 aromatic carbocycles. The van der Waals surface area contributed by atoms with Crippen molar-refractivity contribution in [1.29, 1.82) is 0 Å². The number of nitrogens with two attached hydrogens (primary N) is 1. The third kappa shape index (κ3) is 8.55. The normalized spacial score (nSPS) is 21.3. The highest BCUT2D eigenvalue weighted by atomic mass is 35.5. The Hall–Kier alpha value is -3.02. The standard InChI is InChI=1S/C32H39ClFN5O2.OS/c1-41-29-14-9-22(20-37-29)30(21-7-10-23(33)11-8-21)31(35)32(40)38-28-6-2-5-27(34)26(28)13-12-25-15-17-36-24-4-3-18-39(25)19-16-24;1-2/h2,5-11,14,20,24-25,30-31,36H,3-4,12-13,15-19,35H2,1H3,(H,38,40);/t24?,25?,30-,31-;/m0./s1. The van der Waals surface area contributed by atoms with Crippen molar-refractivity contribution in [2.45, 2.75) is 62.6 Å². The molecule has 3 aromatic rings. The number of halogens is 2. The van der Waals surface area contributed by atoms with Gasteiger partial charge in [-0.2, -0.15) is 4.21 Å². The van der Waals surface area contributed by atoms with Gasteiger partial charge in [-0.3, -0.25) is 4.79 Å². The van der Waals surface area contributed by atoms with Crippen molar-refractivity contribution in [2.24, 2.45) is 5.73 Å². The molecule has 8 nitrogen and oxygen atoms in total. The number of hydrogen-bond acceptors (Lipinski definition) is 8. The summed E-state index contributed by atoms with van der Waals surface area (Å²) in [6.07, 6.45) is 7.62. The van der Waals surface area contributed by atoms with Crippen LogP contribution in [0.3, 0.4) is 0 Å². The third-order valence-electron chi connectivity index (χ3n) is 8.51. The molecule has 2 saturated heterocycles. The topological polar surface area (TPSA) is 110 Å². The molecule has 5 atom stereocenters. The van der Waals surface area contributed by atoms with Crippen LogP contribution < -0.4 is 21.1 Å². The number of fused-ring (bicyclic) bond motifs is 3. The Morgan fingerprint density at radius 3 is 2.63 bits per heavy atom. The molecule has 5 rings (SSSR count). The van der Waals surface area contributed by atoms with Gasteiger partial charge in [0.25, 0.3) is 0 Å². The van der Waals surface area contributed by atoms with Gasteiger partial charge in [-0.05, 0) is 93.6 Å². The predicted molar refractivity (Wildman–Crippen MR) is 169 cm³/mol. The number of aromatic nitrogens is 1. The monoisotopic (exact) mass is 627 g/mol. The van der Waals surface area contributed by atoms with Gasteiger partial charge in [0.1, 0.15) is 5.82 Å². The van der Waals surface area contributed by atoms with Gasteiger partial charge >= 0.3 is 0 Å². The average Bonchev–Trinajstić information content (AvgIpc) is 3.21. The first-order chi connectivity index (χ1) is 20.9. The van der Waals surface area contributed by atoms with Crippen LogP contribution in [0.25, 0.3) is 0 Å². The van der Waals surface area contributed by atoms with Crippen LogP contribution in [0.5, 0.6) is 5.88 Å². The SMILES string of the molecule is COc1ccc([C@H](c2ccc(Cl)cc2)[C@H](N)C(=O)Nc2cccc(F)c2CCC2CCNC3CCCN2CC3)cn1.O=S. The number of hydrogen-bond donors (Lipinski definition) is 3. The van der Waals surface area contributed by atoms with Gasteiger partial charge in [0.05, 0.1) is 13.2 Å². The maximum atomic E-state index is 15.2. The van der Waals surface area contributed by atoms with Crippen LogP contribution in [0.2, 0.25) is 5.02 Å². The van der Waals surface area contributed by atoms with Crippen LogP contribution in [0.15, 0.2) is 60.8 Å². The fraction of sp³-hybridized carbons (Fsp3) is 0.438. The molecule has 4 N–H and O–H groups in total. The summed E-state index contributed by atoms with van der Waals surface area (Å²) in [5.74, 6) is -0.755. The van der Waals surface area contributed by atoms with E-state index in [9.17, 15) is 4.79 Å². The van der Waals surface area contributed by atoms with Gasteiger partial charge < -0.3 is 26.0 Å². The number of methoxy groups -OCH3 is 1. The molecule has 0 aliphatic carbocycles. The van der Waals surface area contributed by atoms with Crippen molar-refractivity contribution in [1.82, 2.24) is 15.2 Å². The molecule has 2 fully saturated rings. The molecular weight excluding hydrogens is 589 g/mol. The number of pyridine rings is 1. The summed E-state index contributed by atoms with van der Waals surface area (Å²) >= 11 is 8.97. The summed E-state index contributed by atoms with van der Waals surface area (Å²) < 4.78 is 28.2. The summed E-state index contributed by atoms with van der Waals surface area (Å²) in [4.78, 5) is 20.5. The Morgan fingerprint density at radius 2 is 1.91 bits per heavy atom. The maximum Gasteiger partial charge on any atom is 0.242 e. The minimum absolute atomic E-state index is 0.315. The van der Waals surface area contributed by atoms with E-state index in [0.717, 1.165) is 50.0 Å². The summed E-state index contributed by atoms with van der Waals surface area (Å²) in [6.45, 7) is 3.14. The number of nitrogens with zero attached hydrogens (tertiary/aromatic N) is 2. The number of carbonyl (C=O) groups is 1. The molecule has 0 spiro atoms. The van der Waals surface area contributed by atoms with Crippen molar-refractivity contribution < 1.29 is 18.1 Å². The highest BCUT2D eigenvalue weighted by molar-refractivity contribution is 7.44. The predicted octanol–water partition coefficient (Wildman–Crippen LogP) is 4.79. The molecule has 230 valence electrons. The molecule has 2 aliphatic heterocycles. The zero-order chi connectivity index (χ0) is 30.8. The minimum Gasteiger partial charge on any atom is -0.481 e. The minimum atomic E-state index is -0.968. The van der Waals surface area contributed by atoms with Crippen molar-refractivity contribution in [3.8, 4) is 5.88 Å². The number of amides is 1. The molecule has 3 unspecified atom stereocenters. The van der Waals surface area contributed by atoms with Gasteiger partial charge in [0.15, 0.2) is 12.5 Å². The second-order valence-electron chi connectivity index (χ2n) is 11.0. The highest BCUT2D eigenvalue weighted by Crippen LogP contribution is 2.31. The first-order valence-electron chi connectivity index (χ1n) is 14.7. The lowest BCUT2D eigenvalue weighted by Gasteiger charge is -2.33. The molecule has 11 heteroatoms. The lowest BCUT2D eigenvalue weighted by atomic mass is 9.85. The smallest absolute Gasteiger partial charge is 0.242 e. The van der Waals surface area contributed by atoms with E-state index in [0.29, 0.717) is 40.7 Å². The van der Waals surface area contributed by atoms with Gasteiger partial charge in [-0.15, -0.1) is 0 Å². The number of benzene rings is 2. The van der Waals surface area contributed by atoms with Crippen molar-refractivity contribution >= 4 is 35.7 Å². The molecule has 2 aliphatic rings.